The summed E-state index contributed by atoms with van der Waals surface area (Å²) in [5.74, 6) is -0.00384. The zero-order valence-corrected chi connectivity index (χ0v) is 16.1. The highest BCUT2D eigenvalue weighted by molar-refractivity contribution is 5.43. The first-order valence-corrected chi connectivity index (χ1v) is 9.17. The zero-order chi connectivity index (χ0) is 20.0. The van der Waals surface area contributed by atoms with E-state index in [1.54, 1.807) is 0 Å². The molecule has 0 unspecified atom stereocenters. The monoisotopic (exact) mass is 390 g/mol. The van der Waals surface area contributed by atoms with Gasteiger partial charge in [0, 0.05) is 45.3 Å². The summed E-state index contributed by atoms with van der Waals surface area (Å²) in [5.41, 5.74) is -1.01. The van der Waals surface area contributed by atoms with Crippen LogP contribution < -0.4 is 10.6 Å². The van der Waals surface area contributed by atoms with Crippen LogP contribution in [0.2, 0.25) is 0 Å². The van der Waals surface area contributed by atoms with E-state index in [-0.39, 0.29) is 24.3 Å². The maximum Gasteiger partial charge on any atom is 0.433 e. The van der Waals surface area contributed by atoms with Crippen molar-refractivity contribution in [2.45, 2.75) is 26.1 Å². The number of aliphatic hydroxyl groups excluding tert-OH is 1. The quantitative estimate of drug-likeness (QED) is 0.622. The Labute approximate surface area is 158 Å². The van der Waals surface area contributed by atoms with E-state index in [0.717, 1.165) is 38.8 Å². The van der Waals surface area contributed by atoms with E-state index in [1.165, 1.54) is 0 Å². The van der Waals surface area contributed by atoms with Gasteiger partial charge in [0.1, 0.15) is 5.82 Å². The number of alkyl halides is 3. The van der Waals surface area contributed by atoms with Gasteiger partial charge in [-0.25, -0.2) is 4.98 Å². The summed E-state index contributed by atoms with van der Waals surface area (Å²) in [5, 5.41) is 15.2. The largest absolute Gasteiger partial charge is 0.433 e. The Hall–Kier alpha value is -1.65. The van der Waals surface area contributed by atoms with Gasteiger partial charge < -0.3 is 20.6 Å². The Morgan fingerprint density at radius 1 is 1.19 bits per heavy atom. The second-order valence-corrected chi connectivity index (χ2v) is 7.21. The molecule has 0 radical (unpaired) electrons. The van der Waals surface area contributed by atoms with Crippen molar-refractivity contribution in [2.75, 3.05) is 63.6 Å². The van der Waals surface area contributed by atoms with Gasteiger partial charge in [0.2, 0.25) is 5.95 Å². The number of nitrogens with one attached hydrogen (secondary N) is 2. The Morgan fingerprint density at radius 2 is 1.85 bits per heavy atom. The van der Waals surface area contributed by atoms with E-state index in [2.05, 4.69) is 37.4 Å². The normalized spacial score (nSPS) is 17.9. The number of likely N-dealkylation sites (N-methyl/N-ethyl adjacent to an activating group) is 1. The maximum atomic E-state index is 13.2. The molecule has 1 atom stereocenters. The van der Waals surface area contributed by atoms with Crippen LogP contribution in [0, 0.1) is 5.92 Å². The number of rotatable bonds is 8. The van der Waals surface area contributed by atoms with Gasteiger partial charge in [0.15, 0.2) is 5.69 Å². The Morgan fingerprint density at radius 3 is 2.41 bits per heavy atom. The Balaban J connectivity index is 2.04. The van der Waals surface area contributed by atoms with Crippen LogP contribution in [0.25, 0.3) is 0 Å². The zero-order valence-electron chi connectivity index (χ0n) is 16.1. The molecule has 0 saturated carbocycles. The first kappa shape index (κ1) is 21.6. The SMILES string of the molecule is CC(C)[C@@H](CO)Nc1nc(NCCN2CCN(C)CC2)cc(C(F)(F)F)n1. The minimum absolute atomic E-state index is 0.0155. The van der Waals surface area contributed by atoms with Crippen LogP contribution in [-0.2, 0) is 6.18 Å². The second-order valence-electron chi connectivity index (χ2n) is 7.21. The van der Waals surface area contributed by atoms with Crippen molar-refractivity contribution in [2.24, 2.45) is 5.92 Å². The number of anilines is 2. The lowest BCUT2D eigenvalue weighted by Crippen LogP contribution is -2.45. The summed E-state index contributed by atoms with van der Waals surface area (Å²) in [6.45, 7) is 8.56. The Bertz CT molecular complexity index is 591. The average Bonchev–Trinajstić information content (AvgIpc) is 2.60. The maximum absolute atomic E-state index is 13.2. The van der Waals surface area contributed by atoms with Crippen LogP contribution in [0.4, 0.5) is 24.9 Å². The molecule has 27 heavy (non-hydrogen) atoms. The third-order valence-corrected chi connectivity index (χ3v) is 4.66. The third-order valence-electron chi connectivity index (χ3n) is 4.66. The molecule has 7 nitrogen and oxygen atoms in total. The highest BCUT2D eigenvalue weighted by atomic mass is 19.4. The molecule has 2 rings (SSSR count). The van der Waals surface area contributed by atoms with Crippen molar-refractivity contribution in [1.82, 2.24) is 19.8 Å². The number of halogens is 3. The summed E-state index contributed by atoms with van der Waals surface area (Å²) in [6.07, 6.45) is -4.57. The number of hydrogen-bond acceptors (Lipinski definition) is 7. The first-order chi connectivity index (χ1) is 12.7. The molecular formula is C17H29F3N6O. The highest BCUT2D eigenvalue weighted by Crippen LogP contribution is 2.29. The number of piperazine rings is 1. The predicted octanol–water partition coefficient (Wildman–Crippen LogP) is 1.58. The molecule has 1 aromatic heterocycles. The second kappa shape index (κ2) is 9.52. The summed E-state index contributed by atoms with van der Waals surface area (Å²) >= 11 is 0. The smallest absolute Gasteiger partial charge is 0.394 e. The van der Waals surface area contributed by atoms with Crippen LogP contribution in [-0.4, -0.2) is 83.8 Å². The van der Waals surface area contributed by atoms with Gasteiger partial charge in [-0.3, -0.25) is 4.90 Å². The molecule has 1 fully saturated rings. The summed E-state index contributed by atoms with van der Waals surface area (Å²) < 4.78 is 39.5. The lowest BCUT2D eigenvalue weighted by molar-refractivity contribution is -0.141. The first-order valence-electron chi connectivity index (χ1n) is 9.17. The van der Waals surface area contributed by atoms with Gasteiger partial charge in [-0.1, -0.05) is 13.8 Å². The van der Waals surface area contributed by atoms with E-state index < -0.39 is 17.9 Å². The van der Waals surface area contributed by atoms with E-state index in [9.17, 15) is 18.3 Å². The Kier molecular flexibility index (Phi) is 7.63. The fraction of sp³-hybridized carbons (Fsp3) is 0.765. The van der Waals surface area contributed by atoms with Crippen LogP contribution in [0.3, 0.4) is 0 Å². The predicted molar refractivity (Wildman–Crippen MR) is 98.8 cm³/mol. The van der Waals surface area contributed by atoms with Crippen molar-refractivity contribution in [3.05, 3.63) is 11.8 Å². The molecule has 1 aliphatic heterocycles. The average molecular weight is 390 g/mol. The van der Waals surface area contributed by atoms with Gasteiger partial charge in [-0.2, -0.15) is 18.2 Å². The summed E-state index contributed by atoms with van der Waals surface area (Å²) in [4.78, 5) is 12.2. The van der Waals surface area contributed by atoms with Crippen molar-refractivity contribution in [3.8, 4) is 0 Å². The van der Waals surface area contributed by atoms with Gasteiger partial charge in [-0.05, 0) is 13.0 Å². The topological polar surface area (TPSA) is 76.6 Å². The lowest BCUT2D eigenvalue weighted by atomic mass is 10.1. The molecular weight excluding hydrogens is 361 g/mol. The fourth-order valence-electron chi connectivity index (χ4n) is 2.75. The molecule has 0 aromatic carbocycles. The minimum Gasteiger partial charge on any atom is -0.394 e. The summed E-state index contributed by atoms with van der Waals surface area (Å²) in [7, 11) is 2.07. The van der Waals surface area contributed by atoms with Crippen molar-refractivity contribution < 1.29 is 18.3 Å². The van der Waals surface area contributed by atoms with Crippen molar-refractivity contribution in [3.63, 3.8) is 0 Å². The highest BCUT2D eigenvalue weighted by Gasteiger charge is 2.34. The van der Waals surface area contributed by atoms with Gasteiger partial charge in [-0.15, -0.1) is 0 Å². The summed E-state index contributed by atoms with van der Waals surface area (Å²) in [6, 6.07) is 0.491. The number of hydrogen-bond donors (Lipinski definition) is 3. The molecule has 3 N–H and O–H groups in total. The molecule has 0 aliphatic carbocycles. The third kappa shape index (κ3) is 6.78. The fourth-order valence-corrected chi connectivity index (χ4v) is 2.75. The van der Waals surface area contributed by atoms with Crippen molar-refractivity contribution >= 4 is 11.8 Å². The van der Waals surface area contributed by atoms with E-state index in [4.69, 9.17) is 0 Å². The number of aromatic nitrogens is 2. The molecule has 154 valence electrons. The van der Waals surface area contributed by atoms with Gasteiger partial charge >= 0.3 is 6.18 Å². The minimum atomic E-state index is -4.57. The van der Waals surface area contributed by atoms with Crippen LogP contribution in [0.5, 0.6) is 0 Å². The van der Waals surface area contributed by atoms with E-state index in [1.807, 2.05) is 13.8 Å². The van der Waals surface area contributed by atoms with E-state index >= 15 is 0 Å². The van der Waals surface area contributed by atoms with Crippen molar-refractivity contribution in [1.29, 1.82) is 0 Å². The van der Waals surface area contributed by atoms with Gasteiger partial charge in [0.05, 0.1) is 12.6 Å². The standard InChI is InChI=1S/C17H29F3N6O/c1-12(2)13(11-27)22-16-23-14(17(18,19)20)10-15(24-16)21-4-5-26-8-6-25(3)7-9-26/h10,12-13,27H,4-9,11H2,1-3H3,(H2,21,22,23,24)/t13-/m1/s1. The molecule has 2 heterocycles. The lowest BCUT2D eigenvalue weighted by Gasteiger charge is -2.32. The molecule has 1 aromatic rings. The van der Waals surface area contributed by atoms with Crippen LogP contribution in [0.15, 0.2) is 6.07 Å². The molecule has 1 saturated heterocycles. The molecule has 1 aliphatic rings. The van der Waals surface area contributed by atoms with Gasteiger partial charge in [0.25, 0.3) is 0 Å². The number of nitrogens with zero attached hydrogens (tertiary/aromatic N) is 4. The number of aliphatic hydroxyl groups is 1. The molecule has 0 spiro atoms. The van der Waals surface area contributed by atoms with Crippen LogP contribution in [0.1, 0.15) is 19.5 Å². The molecule has 10 heteroatoms. The van der Waals surface area contributed by atoms with E-state index in [0.29, 0.717) is 6.54 Å². The molecule has 0 bridgehead atoms. The van der Waals surface area contributed by atoms with Crippen LogP contribution >= 0.6 is 0 Å². The molecule has 0 amide bonds.